The van der Waals surface area contributed by atoms with E-state index in [0.29, 0.717) is 11.1 Å². The highest BCUT2D eigenvalue weighted by molar-refractivity contribution is 9.10. The van der Waals surface area contributed by atoms with Gasteiger partial charge in [-0.3, -0.25) is 0 Å². The van der Waals surface area contributed by atoms with E-state index in [1.165, 1.54) is 12.1 Å². The molecule has 0 heterocycles. The van der Waals surface area contributed by atoms with E-state index in [9.17, 15) is 8.42 Å². The lowest BCUT2D eigenvalue weighted by molar-refractivity contribution is 0.0546. The second-order valence-electron chi connectivity index (χ2n) is 4.03. The standard InChI is InChI=1S/C11H15BrClNO4S/c1-7(2)17-3-4-18-11-9(13)5-8(12)6-10(11)19(14,15)16/h5-7H,3-4H2,1-2H3,(H2,14,15,16). The third kappa shape index (κ3) is 5.27. The highest BCUT2D eigenvalue weighted by Crippen LogP contribution is 2.34. The lowest BCUT2D eigenvalue weighted by atomic mass is 10.3. The summed E-state index contributed by atoms with van der Waals surface area (Å²) in [5, 5.41) is 5.30. The van der Waals surface area contributed by atoms with Crippen molar-refractivity contribution in [1.82, 2.24) is 0 Å². The fraction of sp³-hybridized carbons (Fsp3) is 0.455. The minimum absolute atomic E-state index is 0.0414. The number of rotatable bonds is 6. The number of benzene rings is 1. The minimum Gasteiger partial charge on any atom is -0.488 e. The molecule has 0 radical (unpaired) electrons. The van der Waals surface area contributed by atoms with Crippen LogP contribution in [-0.2, 0) is 14.8 Å². The van der Waals surface area contributed by atoms with Crippen LogP contribution in [0.5, 0.6) is 5.75 Å². The second kappa shape index (κ2) is 6.90. The molecule has 0 saturated heterocycles. The number of ether oxygens (including phenoxy) is 2. The summed E-state index contributed by atoms with van der Waals surface area (Å²) in [5.41, 5.74) is 0. The maximum atomic E-state index is 11.5. The van der Waals surface area contributed by atoms with Gasteiger partial charge in [0.05, 0.1) is 17.7 Å². The van der Waals surface area contributed by atoms with E-state index in [4.69, 9.17) is 26.2 Å². The van der Waals surface area contributed by atoms with Crippen molar-refractivity contribution in [1.29, 1.82) is 0 Å². The third-order valence-electron chi connectivity index (χ3n) is 2.06. The first-order chi connectivity index (χ1) is 8.71. The number of sulfonamides is 1. The van der Waals surface area contributed by atoms with Crippen LogP contribution in [-0.4, -0.2) is 27.7 Å². The summed E-state index contributed by atoms with van der Waals surface area (Å²) in [5.74, 6) is 0.0414. The Bertz CT molecular complexity index is 548. The second-order valence-corrected chi connectivity index (χ2v) is 6.88. The minimum atomic E-state index is -3.91. The average molecular weight is 373 g/mol. The lowest BCUT2D eigenvalue weighted by Gasteiger charge is -2.13. The molecule has 5 nitrogen and oxygen atoms in total. The van der Waals surface area contributed by atoms with E-state index in [0.717, 1.165) is 0 Å². The highest BCUT2D eigenvalue weighted by Gasteiger charge is 2.19. The molecule has 108 valence electrons. The Hall–Kier alpha value is -0.340. The van der Waals surface area contributed by atoms with Crippen molar-refractivity contribution < 1.29 is 17.9 Å². The van der Waals surface area contributed by atoms with Crippen LogP contribution in [0, 0.1) is 0 Å². The van der Waals surface area contributed by atoms with E-state index in [1.54, 1.807) is 0 Å². The van der Waals surface area contributed by atoms with Crippen LogP contribution < -0.4 is 9.88 Å². The van der Waals surface area contributed by atoms with Crippen LogP contribution in [0.1, 0.15) is 13.8 Å². The molecule has 1 aromatic rings. The van der Waals surface area contributed by atoms with E-state index >= 15 is 0 Å². The van der Waals surface area contributed by atoms with Crippen LogP contribution in [0.3, 0.4) is 0 Å². The third-order valence-corrected chi connectivity index (χ3v) is 3.72. The molecule has 1 aromatic carbocycles. The Morgan fingerprint density at radius 1 is 1.37 bits per heavy atom. The first kappa shape index (κ1) is 16.7. The first-order valence-corrected chi connectivity index (χ1v) is 8.19. The van der Waals surface area contributed by atoms with Gasteiger partial charge in [0.1, 0.15) is 11.5 Å². The summed E-state index contributed by atoms with van der Waals surface area (Å²) in [6, 6.07) is 2.88. The summed E-state index contributed by atoms with van der Waals surface area (Å²) in [6.07, 6.45) is 0.0710. The molecule has 1 rings (SSSR count). The van der Waals surface area contributed by atoms with Gasteiger partial charge in [-0.15, -0.1) is 0 Å². The van der Waals surface area contributed by atoms with Crippen LogP contribution in [0.4, 0.5) is 0 Å². The molecule has 19 heavy (non-hydrogen) atoms. The summed E-state index contributed by atoms with van der Waals surface area (Å²) in [4.78, 5) is -0.156. The van der Waals surface area contributed by atoms with Crippen LogP contribution in [0.2, 0.25) is 5.02 Å². The molecule has 0 aliphatic rings. The summed E-state index contributed by atoms with van der Waals surface area (Å²) < 4.78 is 34.1. The molecule has 0 saturated carbocycles. The summed E-state index contributed by atoms with van der Waals surface area (Å²) >= 11 is 9.12. The number of hydrogen-bond donors (Lipinski definition) is 1. The van der Waals surface area contributed by atoms with Gasteiger partial charge in [0.2, 0.25) is 10.0 Å². The van der Waals surface area contributed by atoms with Gasteiger partial charge in [0.25, 0.3) is 0 Å². The van der Waals surface area contributed by atoms with Crippen LogP contribution in [0.15, 0.2) is 21.5 Å². The topological polar surface area (TPSA) is 78.6 Å². The van der Waals surface area contributed by atoms with Crippen molar-refractivity contribution in [3.63, 3.8) is 0 Å². The summed E-state index contributed by atoms with van der Waals surface area (Å²) in [6.45, 7) is 4.29. The van der Waals surface area contributed by atoms with Crippen molar-refractivity contribution >= 4 is 37.6 Å². The van der Waals surface area contributed by atoms with Gasteiger partial charge in [-0.05, 0) is 26.0 Å². The van der Waals surface area contributed by atoms with Gasteiger partial charge in [0.15, 0.2) is 5.75 Å². The highest BCUT2D eigenvalue weighted by atomic mass is 79.9. The number of primary sulfonamides is 1. The van der Waals surface area contributed by atoms with Crippen LogP contribution >= 0.6 is 27.5 Å². The molecular weight excluding hydrogens is 358 g/mol. The van der Waals surface area contributed by atoms with Crippen molar-refractivity contribution in [2.75, 3.05) is 13.2 Å². The maximum Gasteiger partial charge on any atom is 0.241 e. The Balaban J connectivity index is 2.93. The molecule has 0 fully saturated rings. The van der Waals surface area contributed by atoms with Crippen molar-refractivity contribution in [3.8, 4) is 5.75 Å². The SMILES string of the molecule is CC(C)OCCOc1c(Cl)cc(Br)cc1S(N)(=O)=O. The zero-order valence-corrected chi connectivity index (χ0v) is 13.7. The quantitative estimate of drug-likeness (QED) is 0.778. The molecule has 0 aromatic heterocycles. The predicted molar refractivity (Wildman–Crippen MR) is 77.1 cm³/mol. The Morgan fingerprint density at radius 3 is 2.53 bits per heavy atom. The molecular formula is C11H15BrClNO4S. The zero-order valence-electron chi connectivity index (χ0n) is 10.5. The zero-order chi connectivity index (χ0) is 14.6. The predicted octanol–water partition coefficient (Wildman–Crippen LogP) is 2.55. The first-order valence-electron chi connectivity index (χ1n) is 5.48. The van der Waals surface area contributed by atoms with Gasteiger partial charge in [-0.25, -0.2) is 13.6 Å². The van der Waals surface area contributed by atoms with Crippen molar-refractivity contribution in [3.05, 3.63) is 21.6 Å². The maximum absolute atomic E-state index is 11.5. The number of hydrogen-bond acceptors (Lipinski definition) is 4. The fourth-order valence-corrected chi connectivity index (χ4v) is 3.11. The molecule has 0 atom stereocenters. The van der Waals surface area contributed by atoms with Gasteiger partial charge < -0.3 is 9.47 Å². The fourth-order valence-electron chi connectivity index (χ4n) is 1.32. The average Bonchev–Trinajstić information content (AvgIpc) is 2.24. The number of nitrogens with two attached hydrogens (primary N) is 1. The number of halogens is 2. The molecule has 0 aliphatic heterocycles. The molecule has 0 spiro atoms. The van der Waals surface area contributed by atoms with Crippen molar-refractivity contribution in [2.45, 2.75) is 24.8 Å². The normalized spacial score (nSPS) is 11.9. The van der Waals surface area contributed by atoms with E-state index in [1.807, 2.05) is 13.8 Å². The van der Waals surface area contributed by atoms with E-state index in [2.05, 4.69) is 15.9 Å². The molecule has 0 amide bonds. The molecule has 0 bridgehead atoms. The molecule has 8 heteroatoms. The smallest absolute Gasteiger partial charge is 0.241 e. The van der Waals surface area contributed by atoms with E-state index in [-0.39, 0.29) is 28.4 Å². The Labute approximate surface area is 126 Å². The van der Waals surface area contributed by atoms with Gasteiger partial charge in [0, 0.05) is 4.47 Å². The molecule has 0 aliphatic carbocycles. The monoisotopic (exact) mass is 371 g/mol. The van der Waals surface area contributed by atoms with Gasteiger partial charge in [-0.2, -0.15) is 0 Å². The molecule has 2 N–H and O–H groups in total. The van der Waals surface area contributed by atoms with Crippen LogP contribution in [0.25, 0.3) is 0 Å². The Morgan fingerprint density at radius 2 is 2.00 bits per heavy atom. The van der Waals surface area contributed by atoms with Crippen molar-refractivity contribution in [2.24, 2.45) is 5.14 Å². The van der Waals surface area contributed by atoms with Gasteiger partial charge in [-0.1, -0.05) is 27.5 Å². The van der Waals surface area contributed by atoms with E-state index < -0.39 is 10.0 Å². The van der Waals surface area contributed by atoms with Gasteiger partial charge >= 0.3 is 0 Å². The largest absolute Gasteiger partial charge is 0.488 e. The lowest BCUT2D eigenvalue weighted by Crippen LogP contribution is -2.16. The molecule has 0 unspecified atom stereocenters. The Kier molecular flexibility index (Phi) is 6.07. The summed E-state index contributed by atoms with van der Waals surface area (Å²) in [7, 11) is -3.91.